The van der Waals surface area contributed by atoms with E-state index in [4.69, 9.17) is 0 Å². The summed E-state index contributed by atoms with van der Waals surface area (Å²) in [4.78, 5) is 23.8. The first kappa shape index (κ1) is 21.4. The number of hydrogen-bond acceptors (Lipinski definition) is 6. The standard InChI is InChI=1S/C21H26N6O3S/c1-5-25(6-2)31(29,30)17-9-10-18-16(13-17)8-7-11-26(18)20(28)19-23-21-22-14(3)12-15(4)27(21)24-19/h9-10,12-13H,5-8,11H2,1-4H3. The van der Waals surface area contributed by atoms with Gasteiger partial charge in [0.1, 0.15) is 0 Å². The van der Waals surface area contributed by atoms with Crippen molar-refractivity contribution in [3.8, 4) is 0 Å². The molecule has 0 radical (unpaired) electrons. The predicted octanol–water partition coefficient (Wildman–Crippen LogP) is 2.36. The van der Waals surface area contributed by atoms with E-state index in [0.29, 0.717) is 37.5 Å². The number of benzene rings is 1. The van der Waals surface area contributed by atoms with E-state index in [2.05, 4.69) is 15.1 Å². The minimum atomic E-state index is -3.56. The normalized spacial score (nSPS) is 14.3. The molecule has 3 heterocycles. The van der Waals surface area contributed by atoms with Crippen LogP contribution in [0.15, 0.2) is 29.2 Å². The minimum Gasteiger partial charge on any atom is -0.305 e. The van der Waals surface area contributed by atoms with E-state index in [1.54, 1.807) is 27.6 Å². The number of nitrogens with zero attached hydrogens (tertiary/aromatic N) is 6. The third-order valence-corrected chi connectivity index (χ3v) is 7.61. The van der Waals surface area contributed by atoms with Gasteiger partial charge in [-0.3, -0.25) is 4.79 Å². The molecule has 164 valence electrons. The zero-order chi connectivity index (χ0) is 22.3. The summed E-state index contributed by atoms with van der Waals surface area (Å²) in [6.07, 6.45) is 1.44. The third-order valence-electron chi connectivity index (χ3n) is 5.57. The Balaban J connectivity index is 1.70. The maximum atomic E-state index is 13.2. The molecule has 1 aliphatic heterocycles. The third kappa shape index (κ3) is 3.70. The SMILES string of the molecule is CCN(CC)S(=O)(=O)c1ccc2c(c1)CCCN2C(=O)c1nc2nc(C)cc(C)n2n1. The lowest BCUT2D eigenvalue weighted by atomic mass is 10.0. The Morgan fingerprint density at radius 1 is 1.13 bits per heavy atom. The number of aryl methyl sites for hydroxylation is 3. The Bertz CT molecular complexity index is 1260. The predicted molar refractivity (Wildman–Crippen MR) is 117 cm³/mol. The molecule has 3 aromatic rings. The first-order chi connectivity index (χ1) is 14.8. The smallest absolute Gasteiger partial charge is 0.298 e. The first-order valence-electron chi connectivity index (χ1n) is 10.4. The molecule has 0 saturated heterocycles. The molecule has 0 N–H and O–H groups in total. The molecule has 0 aliphatic carbocycles. The molecule has 0 saturated carbocycles. The van der Waals surface area contributed by atoms with Crippen molar-refractivity contribution in [1.29, 1.82) is 0 Å². The molecule has 10 heteroatoms. The summed E-state index contributed by atoms with van der Waals surface area (Å²) >= 11 is 0. The number of carbonyl (C=O) groups excluding carboxylic acids is 1. The van der Waals surface area contributed by atoms with E-state index >= 15 is 0 Å². The van der Waals surface area contributed by atoms with Gasteiger partial charge in [0.25, 0.3) is 11.7 Å². The zero-order valence-corrected chi connectivity index (χ0v) is 19.0. The molecular formula is C21H26N6O3S. The number of amides is 1. The van der Waals surface area contributed by atoms with E-state index in [9.17, 15) is 13.2 Å². The fourth-order valence-electron chi connectivity index (χ4n) is 4.04. The van der Waals surface area contributed by atoms with Gasteiger partial charge in [0.15, 0.2) is 0 Å². The summed E-state index contributed by atoms with van der Waals surface area (Å²) in [5.74, 6) is 0.149. The van der Waals surface area contributed by atoms with E-state index in [-0.39, 0.29) is 16.6 Å². The second-order valence-electron chi connectivity index (χ2n) is 7.63. The molecule has 0 unspecified atom stereocenters. The highest BCUT2D eigenvalue weighted by atomic mass is 32.2. The van der Waals surface area contributed by atoms with Gasteiger partial charge in [-0.1, -0.05) is 13.8 Å². The number of rotatable bonds is 5. The van der Waals surface area contributed by atoms with Gasteiger partial charge in [0.05, 0.1) is 4.90 Å². The van der Waals surface area contributed by atoms with Gasteiger partial charge in [-0.05, 0) is 56.5 Å². The van der Waals surface area contributed by atoms with Crippen LogP contribution >= 0.6 is 0 Å². The molecule has 4 rings (SSSR count). The molecule has 2 aromatic heterocycles. The Morgan fingerprint density at radius 3 is 2.58 bits per heavy atom. The van der Waals surface area contributed by atoms with Gasteiger partial charge in [-0.25, -0.2) is 17.9 Å². The quantitative estimate of drug-likeness (QED) is 0.601. The number of anilines is 1. The van der Waals surface area contributed by atoms with Crippen molar-refractivity contribution in [2.75, 3.05) is 24.5 Å². The van der Waals surface area contributed by atoms with Crippen molar-refractivity contribution in [3.05, 3.63) is 47.0 Å². The topological polar surface area (TPSA) is 101 Å². The Labute approximate surface area is 181 Å². The van der Waals surface area contributed by atoms with Crippen molar-refractivity contribution in [1.82, 2.24) is 23.9 Å². The number of aromatic nitrogens is 4. The fraction of sp³-hybridized carbons (Fsp3) is 0.429. The average Bonchev–Trinajstić information content (AvgIpc) is 3.17. The van der Waals surface area contributed by atoms with Gasteiger partial charge in [0.2, 0.25) is 15.8 Å². The van der Waals surface area contributed by atoms with Gasteiger partial charge in [-0.2, -0.15) is 9.29 Å². The molecule has 31 heavy (non-hydrogen) atoms. The monoisotopic (exact) mass is 442 g/mol. The number of sulfonamides is 1. The van der Waals surface area contributed by atoms with Crippen molar-refractivity contribution in [2.24, 2.45) is 0 Å². The van der Waals surface area contributed by atoms with Gasteiger partial charge >= 0.3 is 0 Å². The summed E-state index contributed by atoms with van der Waals surface area (Å²) in [7, 11) is -3.56. The van der Waals surface area contributed by atoms with E-state index in [1.165, 1.54) is 4.31 Å². The summed E-state index contributed by atoms with van der Waals surface area (Å²) < 4.78 is 28.8. The van der Waals surface area contributed by atoms with Crippen LogP contribution in [0.5, 0.6) is 0 Å². The van der Waals surface area contributed by atoms with Crippen LogP contribution in [0.3, 0.4) is 0 Å². The van der Waals surface area contributed by atoms with Crippen LogP contribution in [-0.2, 0) is 16.4 Å². The summed E-state index contributed by atoms with van der Waals surface area (Å²) in [5.41, 5.74) is 3.19. The van der Waals surface area contributed by atoms with Gasteiger partial charge in [0, 0.05) is 36.7 Å². The molecule has 9 nitrogen and oxygen atoms in total. The van der Waals surface area contributed by atoms with Crippen LogP contribution in [0.1, 0.15) is 47.8 Å². The second kappa shape index (κ2) is 8.01. The number of carbonyl (C=O) groups is 1. The Morgan fingerprint density at radius 2 is 1.87 bits per heavy atom. The lowest BCUT2D eigenvalue weighted by Crippen LogP contribution is -2.36. The van der Waals surface area contributed by atoms with E-state index < -0.39 is 10.0 Å². The molecular weight excluding hydrogens is 416 g/mol. The highest BCUT2D eigenvalue weighted by Gasteiger charge is 2.29. The van der Waals surface area contributed by atoms with Crippen LogP contribution in [0.25, 0.3) is 5.78 Å². The molecule has 1 aliphatic rings. The number of fused-ring (bicyclic) bond motifs is 2. The van der Waals surface area contributed by atoms with Crippen LogP contribution in [0.2, 0.25) is 0 Å². The summed E-state index contributed by atoms with van der Waals surface area (Å²) in [5, 5.41) is 4.35. The molecule has 0 bridgehead atoms. The molecule has 0 atom stereocenters. The van der Waals surface area contributed by atoms with Gasteiger partial charge < -0.3 is 4.90 Å². The molecule has 1 amide bonds. The molecule has 1 aromatic carbocycles. The maximum absolute atomic E-state index is 13.2. The zero-order valence-electron chi connectivity index (χ0n) is 18.2. The lowest BCUT2D eigenvalue weighted by molar-refractivity contribution is 0.0975. The average molecular weight is 443 g/mol. The largest absolute Gasteiger partial charge is 0.305 e. The van der Waals surface area contributed by atoms with E-state index in [0.717, 1.165) is 23.4 Å². The van der Waals surface area contributed by atoms with Crippen molar-refractivity contribution in [2.45, 2.75) is 45.4 Å². The van der Waals surface area contributed by atoms with Crippen LogP contribution in [-0.4, -0.2) is 57.8 Å². The molecule has 0 fully saturated rings. The Hall–Kier alpha value is -2.85. The van der Waals surface area contributed by atoms with Crippen molar-refractivity contribution in [3.63, 3.8) is 0 Å². The van der Waals surface area contributed by atoms with Crippen molar-refractivity contribution < 1.29 is 13.2 Å². The first-order valence-corrected chi connectivity index (χ1v) is 11.9. The highest BCUT2D eigenvalue weighted by molar-refractivity contribution is 7.89. The maximum Gasteiger partial charge on any atom is 0.298 e. The second-order valence-corrected chi connectivity index (χ2v) is 9.56. The molecule has 0 spiro atoms. The van der Waals surface area contributed by atoms with Crippen LogP contribution < -0.4 is 4.90 Å². The summed E-state index contributed by atoms with van der Waals surface area (Å²) in [6, 6.07) is 6.86. The van der Waals surface area contributed by atoms with Crippen LogP contribution in [0.4, 0.5) is 5.69 Å². The minimum absolute atomic E-state index is 0.0777. The highest BCUT2D eigenvalue weighted by Crippen LogP contribution is 2.31. The fourth-order valence-corrected chi connectivity index (χ4v) is 5.54. The van der Waals surface area contributed by atoms with Crippen molar-refractivity contribution >= 4 is 27.4 Å². The Kier molecular flexibility index (Phi) is 5.52. The lowest BCUT2D eigenvalue weighted by Gasteiger charge is -2.29. The van der Waals surface area contributed by atoms with E-state index in [1.807, 2.05) is 33.8 Å². The summed E-state index contributed by atoms with van der Waals surface area (Å²) in [6.45, 7) is 8.74. The number of hydrogen-bond donors (Lipinski definition) is 0. The van der Waals surface area contributed by atoms with Gasteiger partial charge in [-0.15, -0.1) is 5.10 Å². The van der Waals surface area contributed by atoms with Crippen LogP contribution in [0, 0.1) is 13.8 Å².